The molecule has 0 aromatic heterocycles. The lowest BCUT2D eigenvalue weighted by Gasteiger charge is -2.25. The summed E-state index contributed by atoms with van der Waals surface area (Å²) in [4.78, 5) is 0. The third-order valence-electron chi connectivity index (χ3n) is 6.17. The van der Waals surface area contributed by atoms with Crippen molar-refractivity contribution in [1.82, 2.24) is 0 Å². The number of ether oxygens (including phenoxy) is 7. The minimum Gasteiger partial charge on any atom is -0.495 e. The van der Waals surface area contributed by atoms with Gasteiger partial charge in [0.15, 0.2) is 25.1 Å². The predicted octanol–water partition coefficient (Wildman–Crippen LogP) is 9.02. The van der Waals surface area contributed by atoms with E-state index in [2.05, 4.69) is 27.7 Å². The largest absolute Gasteiger partial charge is 0.495 e. The van der Waals surface area contributed by atoms with Crippen molar-refractivity contribution in [2.24, 2.45) is 0 Å². The fraction of sp³-hybridized carbons (Fsp3) is 0.875. The molecule has 0 aromatic rings. The molecule has 7 heteroatoms. The van der Waals surface area contributed by atoms with Crippen LogP contribution in [0.1, 0.15) is 132 Å². The molecule has 0 radical (unpaired) electrons. The zero-order chi connectivity index (χ0) is 29.1. The molecule has 0 fully saturated rings. The second kappa shape index (κ2) is 26.8. The molecule has 0 spiro atoms. The van der Waals surface area contributed by atoms with Crippen LogP contribution in [0, 0.1) is 0 Å². The highest BCUT2D eigenvalue weighted by Gasteiger charge is 2.24. The molecular weight excluding hydrogens is 496 g/mol. The maximum atomic E-state index is 6.26. The van der Waals surface area contributed by atoms with Crippen molar-refractivity contribution in [2.45, 2.75) is 145 Å². The molecule has 0 saturated heterocycles. The Morgan fingerprint density at radius 3 is 1.15 bits per heavy atom. The van der Waals surface area contributed by atoms with Crippen LogP contribution in [0.3, 0.4) is 0 Å². The van der Waals surface area contributed by atoms with Crippen LogP contribution in [-0.4, -0.2) is 52.2 Å². The first-order valence-corrected chi connectivity index (χ1v) is 15.9. The highest BCUT2D eigenvalue weighted by molar-refractivity contribution is 5.08. The molecule has 2 unspecified atom stereocenters. The molecule has 0 aliphatic heterocycles. The first-order chi connectivity index (χ1) is 19.1. The summed E-state index contributed by atoms with van der Waals surface area (Å²) in [5.74, 6) is 3.39. The Morgan fingerprint density at radius 2 is 0.846 bits per heavy atom. The van der Waals surface area contributed by atoms with Gasteiger partial charge in [0.1, 0.15) is 23.7 Å². The average Bonchev–Trinajstić information content (AvgIpc) is 2.93. The van der Waals surface area contributed by atoms with Gasteiger partial charge in [0, 0.05) is 12.8 Å². The lowest BCUT2D eigenvalue weighted by atomic mass is 10.1. The van der Waals surface area contributed by atoms with Crippen molar-refractivity contribution in [3.63, 3.8) is 0 Å². The normalized spacial score (nSPS) is 14.4. The Bertz CT molecular complexity index is 550. The van der Waals surface area contributed by atoms with E-state index in [1.807, 2.05) is 27.7 Å². The molecule has 0 N–H and O–H groups in total. The molecule has 0 heterocycles. The van der Waals surface area contributed by atoms with Crippen molar-refractivity contribution in [3.05, 3.63) is 23.0 Å². The van der Waals surface area contributed by atoms with Crippen LogP contribution >= 0.6 is 0 Å². The second-order valence-electron chi connectivity index (χ2n) is 9.55. The van der Waals surface area contributed by atoms with Crippen LogP contribution in [0.15, 0.2) is 23.0 Å². The fourth-order valence-electron chi connectivity index (χ4n) is 4.39. The molecule has 232 valence electrons. The Labute approximate surface area is 240 Å². The summed E-state index contributed by atoms with van der Waals surface area (Å²) in [6, 6.07) is 0. The van der Waals surface area contributed by atoms with Crippen molar-refractivity contribution >= 4 is 0 Å². The number of hydrogen-bond donors (Lipinski definition) is 0. The van der Waals surface area contributed by atoms with Gasteiger partial charge in [-0.25, -0.2) is 0 Å². The molecule has 0 saturated carbocycles. The summed E-state index contributed by atoms with van der Waals surface area (Å²) < 4.78 is 42.5. The van der Waals surface area contributed by atoms with Gasteiger partial charge in [-0.2, -0.15) is 0 Å². The Hall–Kier alpha value is -1.44. The SMILES string of the molecule is CCCCCC(OCOCOC(CCCCC)C(OCC)=C(CCC)OCC)C(OCC)=C(CCC)OCC. The van der Waals surface area contributed by atoms with Gasteiger partial charge >= 0.3 is 0 Å². The average molecular weight is 559 g/mol. The van der Waals surface area contributed by atoms with Crippen LogP contribution in [-0.2, 0) is 33.2 Å². The first kappa shape index (κ1) is 37.6. The van der Waals surface area contributed by atoms with Crippen LogP contribution in [0.4, 0.5) is 0 Å². The fourth-order valence-corrected chi connectivity index (χ4v) is 4.39. The van der Waals surface area contributed by atoms with Gasteiger partial charge < -0.3 is 33.2 Å². The Morgan fingerprint density at radius 1 is 0.462 bits per heavy atom. The van der Waals surface area contributed by atoms with Crippen molar-refractivity contribution in [1.29, 1.82) is 0 Å². The summed E-state index contributed by atoms with van der Waals surface area (Å²) in [5, 5.41) is 0. The second-order valence-corrected chi connectivity index (χ2v) is 9.55. The predicted molar refractivity (Wildman–Crippen MR) is 159 cm³/mol. The Kier molecular flexibility index (Phi) is 25.8. The van der Waals surface area contributed by atoms with Gasteiger partial charge in [0.2, 0.25) is 0 Å². The standard InChI is InChI=1S/C32H62O7/c1-9-17-19-23-29(31(36-15-7)27(21-11-3)34-13-5)38-25-33-26-39-30(24-20-18-10-2)32(37-16-8)28(22-12-4)35-14-6/h29-30H,9-26H2,1-8H3. The molecule has 0 amide bonds. The minimum absolute atomic E-state index is 0.113. The van der Waals surface area contributed by atoms with E-state index in [4.69, 9.17) is 33.2 Å². The molecule has 2 atom stereocenters. The highest BCUT2D eigenvalue weighted by Crippen LogP contribution is 2.25. The van der Waals surface area contributed by atoms with E-state index in [1.54, 1.807) is 0 Å². The first-order valence-electron chi connectivity index (χ1n) is 15.9. The number of rotatable bonds is 28. The molecule has 7 nitrogen and oxygen atoms in total. The number of allylic oxidation sites excluding steroid dienone is 2. The highest BCUT2D eigenvalue weighted by atomic mass is 16.7. The van der Waals surface area contributed by atoms with Crippen LogP contribution in [0.5, 0.6) is 0 Å². The summed E-state index contributed by atoms with van der Waals surface area (Å²) in [6.07, 6.45) is 11.6. The van der Waals surface area contributed by atoms with E-state index in [0.717, 1.165) is 100 Å². The smallest absolute Gasteiger partial charge is 0.162 e. The van der Waals surface area contributed by atoms with E-state index in [-0.39, 0.29) is 25.8 Å². The Balaban J connectivity index is 5.52. The van der Waals surface area contributed by atoms with E-state index in [1.165, 1.54) is 0 Å². The summed E-state index contributed by atoms with van der Waals surface area (Å²) in [5.41, 5.74) is 0. The van der Waals surface area contributed by atoms with Gasteiger partial charge in [-0.05, 0) is 53.4 Å². The lowest BCUT2D eigenvalue weighted by Crippen LogP contribution is -2.25. The topological polar surface area (TPSA) is 64.6 Å². The summed E-state index contributed by atoms with van der Waals surface area (Å²) >= 11 is 0. The van der Waals surface area contributed by atoms with E-state index < -0.39 is 0 Å². The summed E-state index contributed by atoms with van der Waals surface area (Å²) in [7, 11) is 0. The van der Waals surface area contributed by atoms with Crippen LogP contribution in [0.2, 0.25) is 0 Å². The van der Waals surface area contributed by atoms with Crippen molar-refractivity contribution < 1.29 is 33.2 Å². The quantitative estimate of drug-likeness (QED) is 0.0539. The van der Waals surface area contributed by atoms with Crippen molar-refractivity contribution in [3.8, 4) is 0 Å². The van der Waals surface area contributed by atoms with Crippen LogP contribution in [0.25, 0.3) is 0 Å². The van der Waals surface area contributed by atoms with Crippen molar-refractivity contribution in [2.75, 3.05) is 40.0 Å². The van der Waals surface area contributed by atoms with Gasteiger partial charge in [-0.15, -0.1) is 0 Å². The van der Waals surface area contributed by atoms with Gasteiger partial charge in [-0.3, -0.25) is 0 Å². The third-order valence-corrected chi connectivity index (χ3v) is 6.17. The molecule has 0 bridgehead atoms. The third kappa shape index (κ3) is 17.1. The zero-order valence-corrected chi connectivity index (χ0v) is 26.7. The molecule has 0 aromatic carbocycles. The molecule has 0 aliphatic carbocycles. The number of hydrogen-bond acceptors (Lipinski definition) is 7. The molecule has 0 aliphatic rings. The van der Waals surface area contributed by atoms with E-state index >= 15 is 0 Å². The summed E-state index contributed by atoms with van der Waals surface area (Å²) in [6.45, 7) is 19.3. The molecule has 39 heavy (non-hydrogen) atoms. The van der Waals surface area contributed by atoms with Gasteiger partial charge in [-0.1, -0.05) is 66.2 Å². The molecule has 0 rings (SSSR count). The maximum Gasteiger partial charge on any atom is 0.162 e. The lowest BCUT2D eigenvalue weighted by molar-refractivity contribution is -0.167. The van der Waals surface area contributed by atoms with Crippen LogP contribution < -0.4 is 0 Å². The van der Waals surface area contributed by atoms with E-state index in [9.17, 15) is 0 Å². The zero-order valence-electron chi connectivity index (χ0n) is 26.7. The monoisotopic (exact) mass is 558 g/mol. The van der Waals surface area contributed by atoms with Gasteiger partial charge in [0.05, 0.1) is 26.4 Å². The molecular formula is C32H62O7. The number of unbranched alkanes of at least 4 members (excludes halogenated alkanes) is 4. The van der Waals surface area contributed by atoms with Gasteiger partial charge in [0.25, 0.3) is 0 Å². The maximum absolute atomic E-state index is 6.26. The van der Waals surface area contributed by atoms with E-state index in [0.29, 0.717) is 26.4 Å². The minimum atomic E-state index is -0.210.